The van der Waals surface area contributed by atoms with Crippen molar-refractivity contribution in [2.75, 3.05) is 0 Å². The van der Waals surface area contributed by atoms with Gasteiger partial charge in [-0.25, -0.2) is 4.98 Å². The van der Waals surface area contributed by atoms with Gasteiger partial charge in [-0.2, -0.15) is 0 Å². The van der Waals surface area contributed by atoms with Crippen LogP contribution in [0.25, 0.3) is 61.8 Å². The summed E-state index contributed by atoms with van der Waals surface area (Å²) in [6, 6.07) is 33.0. The molecule has 4 aromatic heterocycles. The number of hydrogen-bond donors (Lipinski definition) is 0. The van der Waals surface area contributed by atoms with Crippen molar-refractivity contribution in [2.24, 2.45) is 0 Å². The van der Waals surface area contributed by atoms with E-state index in [0.29, 0.717) is 11.6 Å². The van der Waals surface area contributed by atoms with E-state index in [9.17, 15) is 0 Å². The van der Waals surface area contributed by atoms with Gasteiger partial charge in [0.05, 0.1) is 22.4 Å². The maximum atomic E-state index is 6.04. The van der Waals surface area contributed by atoms with E-state index in [-0.39, 0.29) is 20.1 Å². The third-order valence-corrected chi connectivity index (χ3v) is 7.48. The average Bonchev–Trinajstić information content (AvgIpc) is 3.57. The third kappa shape index (κ3) is 4.98. The Hall–Kier alpha value is -4.38. The molecule has 0 fully saturated rings. The molecule has 1 radical (unpaired) electrons. The molecule has 0 bridgehead atoms. The van der Waals surface area contributed by atoms with E-state index < -0.39 is 0 Å². The number of nitrogens with zero attached hydrogens (tertiary/aromatic N) is 4. The van der Waals surface area contributed by atoms with Crippen molar-refractivity contribution in [1.29, 1.82) is 0 Å². The van der Waals surface area contributed by atoms with Crippen molar-refractivity contribution in [3.63, 3.8) is 0 Å². The molecule has 209 valence electrons. The van der Waals surface area contributed by atoms with Gasteiger partial charge >= 0.3 is 0 Å². The van der Waals surface area contributed by atoms with Crippen LogP contribution in [0.2, 0.25) is 0 Å². The normalized spacial score (nSPS) is 12.0. The number of aromatic nitrogens is 4. The van der Waals surface area contributed by atoms with E-state index >= 15 is 0 Å². The zero-order valence-electron chi connectivity index (χ0n) is 23.6. The molecule has 5 nitrogen and oxygen atoms in total. The molecule has 0 saturated carbocycles. The number of benzene rings is 3. The zero-order chi connectivity index (χ0) is 27.9. The fourth-order valence-corrected chi connectivity index (χ4v) is 5.40. The molecular weight excluding hydrogens is 697 g/mol. The SMILES string of the molecule is Cc1ccc2c(n1)oc1c(-c3cc(C(C)C)ccn3)[c-]ccc12.[Ir].[c-]1ccccc1-c1nc2cccc3c2n1CC=C3. The van der Waals surface area contributed by atoms with E-state index in [1.165, 1.54) is 16.6 Å². The minimum absolute atomic E-state index is 0. The summed E-state index contributed by atoms with van der Waals surface area (Å²) in [6.45, 7) is 7.20. The molecule has 0 atom stereocenters. The first-order chi connectivity index (χ1) is 20.1. The summed E-state index contributed by atoms with van der Waals surface area (Å²) < 4.78 is 8.30. The summed E-state index contributed by atoms with van der Waals surface area (Å²) in [5, 5.41) is 2.08. The standard InChI is InChI=1S/C20H17N2O.C16H11N2.Ir/c1-12(2)14-9-10-21-18(11-14)17-6-4-5-15-16-8-7-13(3)22-20(16)23-19(15)17;1-2-6-13(7-3-1)16-17-14-10-4-8-12-9-5-11-18(16)15(12)14;/h4-5,7-12H,1-3H3;1-6,8-10H,11H2;/q2*-1;. The van der Waals surface area contributed by atoms with Crippen LogP contribution in [0.15, 0.2) is 95.6 Å². The second-order valence-electron chi connectivity index (χ2n) is 10.6. The Morgan fingerprint density at radius 3 is 2.64 bits per heavy atom. The Morgan fingerprint density at radius 1 is 0.905 bits per heavy atom. The Kier molecular flexibility index (Phi) is 7.59. The number of imidazole rings is 1. The molecule has 5 heterocycles. The molecule has 1 aliphatic rings. The van der Waals surface area contributed by atoms with Gasteiger partial charge in [0.1, 0.15) is 0 Å². The van der Waals surface area contributed by atoms with Gasteiger partial charge in [0.25, 0.3) is 0 Å². The molecule has 6 heteroatoms. The van der Waals surface area contributed by atoms with Gasteiger partial charge in [0, 0.05) is 43.9 Å². The molecular formula is C36H28IrN4O-2. The topological polar surface area (TPSA) is 56.7 Å². The van der Waals surface area contributed by atoms with Crippen molar-refractivity contribution in [3.8, 4) is 22.6 Å². The van der Waals surface area contributed by atoms with Crippen molar-refractivity contribution in [1.82, 2.24) is 19.5 Å². The minimum Gasteiger partial charge on any atom is -0.486 e. The number of fused-ring (bicyclic) bond motifs is 3. The Labute approximate surface area is 258 Å². The average molecular weight is 725 g/mol. The number of allylic oxidation sites excluding steroid dienone is 1. The molecule has 0 N–H and O–H groups in total. The first-order valence-electron chi connectivity index (χ1n) is 13.9. The van der Waals surface area contributed by atoms with Gasteiger partial charge < -0.3 is 14.0 Å². The van der Waals surface area contributed by atoms with Crippen LogP contribution in [-0.2, 0) is 26.7 Å². The van der Waals surface area contributed by atoms with Gasteiger partial charge in [0.2, 0.25) is 5.71 Å². The van der Waals surface area contributed by atoms with Crippen LogP contribution in [0.4, 0.5) is 0 Å². The second-order valence-corrected chi connectivity index (χ2v) is 10.6. The molecule has 42 heavy (non-hydrogen) atoms. The smallest absolute Gasteiger partial charge is 0.216 e. The largest absolute Gasteiger partial charge is 0.486 e. The number of furan rings is 1. The van der Waals surface area contributed by atoms with Gasteiger partial charge in [-0.3, -0.25) is 4.98 Å². The van der Waals surface area contributed by atoms with Crippen molar-refractivity contribution >= 4 is 39.2 Å². The Balaban J connectivity index is 0.000000151. The fourth-order valence-electron chi connectivity index (χ4n) is 5.40. The molecule has 0 saturated heterocycles. The number of hydrogen-bond acceptors (Lipinski definition) is 4. The number of rotatable bonds is 3. The van der Waals surface area contributed by atoms with Crippen LogP contribution in [-0.4, -0.2) is 19.5 Å². The Morgan fingerprint density at radius 2 is 1.81 bits per heavy atom. The van der Waals surface area contributed by atoms with E-state index in [1.54, 1.807) is 0 Å². The molecule has 0 amide bonds. The summed E-state index contributed by atoms with van der Waals surface area (Å²) in [5.74, 6) is 1.46. The Bertz CT molecular complexity index is 2070. The molecule has 1 aliphatic heterocycles. The number of pyridine rings is 2. The van der Waals surface area contributed by atoms with Crippen LogP contribution < -0.4 is 0 Å². The van der Waals surface area contributed by atoms with Gasteiger partial charge in [-0.05, 0) is 48.4 Å². The van der Waals surface area contributed by atoms with E-state index in [0.717, 1.165) is 56.8 Å². The maximum absolute atomic E-state index is 6.04. The van der Waals surface area contributed by atoms with E-state index in [4.69, 9.17) is 9.40 Å². The van der Waals surface area contributed by atoms with Crippen molar-refractivity contribution in [2.45, 2.75) is 33.2 Å². The quantitative estimate of drug-likeness (QED) is 0.171. The minimum atomic E-state index is 0. The molecule has 0 aliphatic carbocycles. The van der Waals surface area contributed by atoms with E-state index in [2.05, 4.69) is 95.1 Å². The molecule has 7 aromatic rings. The van der Waals surface area contributed by atoms with Gasteiger partial charge in [0.15, 0.2) is 0 Å². The predicted octanol–water partition coefficient (Wildman–Crippen LogP) is 8.80. The predicted molar refractivity (Wildman–Crippen MR) is 165 cm³/mol. The number of para-hydroxylation sites is 1. The van der Waals surface area contributed by atoms with Gasteiger partial charge in [-0.1, -0.05) is 60.7 Å². The number of aryl methyl sites for hydroxylation is 1. The summed E-state index contributed by atoms with van der Waals surface area (Å²) in [5.41, 5.74) is 10.0. The summed E-state index contributed by atoms with van der Waals surface area (Å²) >= 11 is 0. The van der Waals surface area contributed by atoms with Crippen LogP contribution >= 0.6 is 0 Å². The summed E-state index contributed by atoms with van der Waals surface area (Å²) in [6.07, 6.45) is 6.20. The monoisotopic (exact) mass is 725 g/mol. The molecule has 0 unspecified atom stereocenters. The van der Waals surface area contributed by atoms with Crippen molar-refractivity contribution in [3.05, 3.63) is 120 Å². The van der Waals surface area contributed by atoms with Crippen molar-refractivity contribution < 1.29 is 24.5 Å². The van der Waals surface area contributed by atoms with E-state index in [1.807, 2.05) is 49.5 Å². The van der Waals surface area contributed by atoms with Crippen LogP contribution in [0.1, 0.15) is 36.6 Å². The molecule has 3 aromatic carbocycles. The first kappa shape index (κ1) is 27.8. The zero-order valence-corrected chi connectivity index (χ0v) is 25.9. The second kappa shape index (κ2) is 11.5. The fraction of sp³-hybridized carbons (Fsp3) is 0.139. The van der Waals surface area contributed by atoms with Gasteiger partial charge in [-0.15, -0.1) is 54.1 Å². The molecule has 0 spiro atoms. The summed E-state index contributed by atoms with van der Waals surface area (Å²) in [4.78, 5) is 13.8. The molecule has 8 rings (SSSR count). The third-order valence-electron chi connectivity index (χ3n) is 7.48. The maximum Gasteiger partial charge on any atom is 0.216 e. The van der Waals surface area contributed by atoms with Crippen LogP contribution in [0, 0.1) is 19.1 Å². The van der Waals surface area contributed by atoms with Crippen LogP contribution in [0.3, 0.4) is 0 Å². The van der Waals surface area contributed by atoms with Crippen LogP contribution in [0.5, 0.6) is 0 Å². The summed E-state index contributed by atoms with van der Waals surface area (Å²) in [7, 11) is 0. The first-order valence-corrected chi connectivity index (χ1v) is 13.9.